The van der Waals surface area contributed by atoms with Crippen LogP contribution in [0.4, 0.5) is 0 Å². The fraction of sp³-hybridized carbons (Fsp3) is 0.929. The SMILES string of the molecule is C=C(CCC(C)C1CCC2C3CC[C@H]4C[C@H](O)CCC4(C)C3CCC12C)C(C)C. The van der Waals surface area contributed by atoms with Crippen LogP contribution < -0.4 is 0 Å². The minimum absolute atomic E-state index is 0.0178. The Morgan fingerprint density at radius 2 is 1.62 bits per heavy atom. The van der Waals surface area contributed by atoms with Crippen molar-refractivity contribution in [2.24, 2.45) is 52.3 Å². The molecule has 4 saturated carbocycles. The van der Waals surface area contributed by atoms with E-state index in [-0.39, 0.29) is 6.10 Å². The molecule has 4 aliphatic rings. The Bertz CT molecular complexity index is 607. The second-order valence-electron chi connectivity index (χ2n) is 12.6. The molecule has 4 rings (SSSR count). The van der Waals surface area contributed by atoms with Crippen LogP contribution in [0.2, 0.25) is 0 Å². The summed E-state index contributed by atoms with van der Waals surface area (Å²) in [6.07, 6.45) is 14.7. The van der Waals surface area contributed by atoms with Crippen LogP contribution in [0.25, 0.3) is 0 Å². The van der Waals surface area contributed by atoms with Crippen molar-refractivity contribution in [2.75, 3.05) is 0 Å². The van der Waals surface area contributed by atoms with E-state index >= 15 is 0 Å². The molecule has 166 valence electrons. The summed E-state index contributed by atoms with van der Waals surface area (Å²) in [6.45, 7) is 16.8. The smallest absolute Gasteiger partial charge is 0.0543 e. The molecule has 0 amide bonds. The molecule has 9 atom stereocenters. The van der Waals surface area contributed by atoms with E-state index in [1.807, 2.05) is 0 Å². The summed E-state index contributed by atoms with van der Waals surface area (Å²) in [7, 11) is 0. The first-order chi connectivity index (χ1) is 13.7. The first-order valence-electron chi connectivity index (χ1n) is 13.0. The highest BCUT2D eigenvalue weighted by atomic mass is 16.3. The second-order valence-corrected chi connectivity index (χ2v) is 12.6. The molecule has 0 aliphatic heterocycles. The molecule has 0 aromatic heterocycles. The maximum Gasteiger partial charge on any atom is 0.0543 e. The van der Waals surface area contributed by atoms with E-state index in [0.717, 1.165) is 48.3 Å². The number of aliphatic hydroxyl groups is 1. The summed E-state index contributed by atoms with van der Waals surface area (Å²) in [4.78, 5) is 0. The van der Waals surface area contributed by atoms with Crippen LogP contribution in [0.5, 0.6) is 0 Å². The molecule has 1 heteroatoms. The topological polar surface area (TPSA) is 20.2 Å². The molecule has 0 bridgehead atoms. The van der Waals surface area contributed by atoms with Gasteiger partial charge in [-0.05, 0) is 123 Å². The molecule has 0 spiro atoms. The predicted molar refractivity (Wildman–Crippen MR) is 124 cm³/mol. The summed E-state index contributed by atoms with van der Waals surface area (Å²) < 4.78 is 0. The summed E-state index contributed by atoms with van der Waals surface area (Å²) in [6, 6.07) is 0. The highest BCUT2D eigenvalue weighted by Crippen LogP contribution is 2.68. The monoisotopic (exact) mass is 400 g/mol. The zero-order valence-electron chi connectivity index (χ0n) is 20.1. The van der Waals surface area contributed by atoms with Crippen molar-refractivity contribution in [3.8, 4) is 0 Å². The third kappa shape index (κ3) is 3.66. The Morgan fingerprint density at radius 3 is 2.34 bits per heavy atom. The van der Waals surface area contributed by atoms with Gasteiger partial charge in [0.2, 0.25) is 0 Å². The molecule has 0 aromatic carbocycles. The molecule has 29 heavy (non-hydrogen) atoms. The quantitative estimate of drug-likeness (QED) is 0.470. The van der Waals surface area contributed by atoms with Gasteiger partial charge in [0.05, 0.1) is 6.10 Å². The summed E-state index contributed by atoms with van der Waals surface area (Å²) in [5.41, 5.74) is 2.55. The van der Waals surface area contributed by atoms with Crippen molar-refractivity contribution in [2.45, 2.75) is 111 Å². The molecular formula is C28H48O. The summed E-state index contributed by atoms with van der Waals surface area (Å²) >= 11 is 0. The highest BCUT2D eigenvalue weighted by Gasteiger charge is 2.60. The van der Waals surface area contributed by atoms with Crippen LogP contribution in [-0.4, -0.2) is 11.2 Å². The summed E-state index contributed by atoms with van der Waals surface area (Å²) in [5, 5.41) is 10.3. The average Bonchev–Trinajstić information content (AvgIpc) is 3.03. The molecule has 0 saturated heterocycles. The van der Waals surface area contributed by atoms with Gasteiger partial charge in [0.15, 0.2) is 0 Å². The van der Waals surface area contributed by atoms with Crippen LogP contribution in [0, 0.1) is 52.3 Å². The number of aliphatic hydroxyl groups excluding tert-OH is 1. The minimum Gasteiger partial charge on any atom is -0.393 e. The van der Waals surface area contributed by atoms with E-state index in [1.54, 1.807) is 0 Å². The molecule has 1 nitrogen and oxygen atoms in total. The van der Waals surface area contributed by atoms with Gasteiger partial charge in [-0.25, -0.2) is 0 Å². The van der Waals surface area contributed by atoms with Gasteiger partial charge in [0.1, 0.15) is 0 Å². The third-order valence-electron chi connectivity index (χ3n) is 11.1. The standard InChI is InChI=1S/C28H48O/c1-18(2)19(3)7-8-20(4)24-11-12-25-23-10-9-21-17-22(29)13-15-27(21,5)26(23)14-16-28(24,25)6/h18,20-26,29H,3,7-17H2,1-2,4-6H3/t20?,21-,22+,23?,24?,25?,26?,27?,28?/m0/s1. The Kier molecular flexibility index (Phi) is 6.04. The van der Waals surface area contributed by atoms with Crippen LogP contribution >= 0.6 is 0 Å². The van der Waals surface area contributed by atoms with E-state index < -0.39 is 0 Å². The Morgan fingerprint density at radius 1 is 0.931 bits per heavy atom. The van der Waals surface area contributed by atoms with Gasteiger partial charge in [0, 0.05) is 0 Å². The molecule has 4 fully saturated rings. The molecule has 0 heterocycles. The van der Waals surface area contributed by atoms with Gasteiger partial charge < -0.3 is 5.11 Å². The second kappa shape index (κ2) is 7.99. The van der Waals surface area contributed by atoms with Gasteiger partial charge in [-0.2, -0.15) is 0 Å². The highest BCUT2D eigenvalue weighted by molar-refractivity contribution is 5.10. The number of rotatable bonds is 5. The van der Waals surface area contributed by atoms with Crippen molar-refractivity contribution in [1.29, 1.82) is 0 Å². The summed E-state index contributed by atoms with van der Waals surface area (Å²) in [5.74, 6) is 6.05. The van der Waals surface area contributed by atoms with Gasteiger partial charge >= 0.3 is 0 Å². The third-order valence-corrected chi connectivity index (χ3v) is 11.1. The lowest BCUT2D eigenvalue weighted by Gasteiger charge is -2.61. The van der Waals surface area contributed by atoms with Crippen LogP contribution in [-0.2, 0) is 0 Å². The molecular weight excluding hydrogens is 352 g/mol. The predicted octanol–water partition coefficient (Wildman–Crippen LogP) is 7.63. The van der Waals surface area contributed by atoms with Crippen molar-refractivity contribution in [1.82, 2.24) is 0 Å². The molecule has 0 radical (unpaired) electrons. The number of hydrogen-bond acceptors (Lipinski definition) is 1. The lowest BCUT2D eigenvalue weighted by Crippen LogP contribution is -2.54. The van der Waals surface area contributed by atoms with E-state index in [4.69, 9.17) is 0 Å². The first kappa shape index (κ1) is 21.9. The minimum atomic E-state index is -0.0178. The molecule has 4 aliphatic carbocycles. The number of fused-ring (bicyclic) bond motifs is 5. The zero-order valence-corrected chi connectivity index (χ0v) is 20.1. The van der Waals surface area contributed by atoms with Gasteiger partial charge in [-0.15, -0.1) is 0 Å². The molecule has 7 unspecified atom stereocenters. The van der Waals surface area contributed by atoms with E-state index in [2.05, 4.69) is 41.2 Å². The van der Waals surface area contributed by atoms with Crippen LogP contribution in [0.15, 0.2) is 12.2 Å². The first-order valence-corrected chi connectivity index (χ1v) is 13.0. The molecule has 0 aromatic rings. The Hall–Kier alpha value is -0.300. The van der Waals surface area contributed by atoms with Crippen molar-refractivity contribution >= 4 is 0 Å². The van der Waals surface area contributed by atoms with Crippen molar-refractivity contribution in [3.05, 3.63) is 12.2 Å². The lowest BCUT2D eigenvalue weighted by molar-refractivity contribution is -0.129. The average molecular weight is 401 g/mol. The fourth-order valence-corrected chi connectivity index (χ4v) is 9.11. The maximum absolute atomic E-state index is 10.3. The molecule has 1 N–H and O–H groups in total. The van der Waals surface area contributed by atoms with E-state index in [1.165, 1.54) is 63.4 Å². The van der Waals surface area contributed by atoms with Gasteiger partial charge in [-0.1, -0.05) is 46.8 Å². The largest absolute Gasteiger partial charge is 0.393 e. The number of allylic oxidation sites excluding steroid dienone is 1. The Balaban J connectivity index is 1.46. The van der Waals surface area contributed by atoms with Crippen LogP contribution in [0.3, 0.4) is 0 Å². The van der Waals surface area contributed by atoms with Gasteiger partial charge in [0.25, 0.3) is 0 Å². The fourth-order valence-electron chi connectivity index (χ4n) is 9.11. The van der Waals surface area contributed by atoms with E-state index in [9.17, 15) is 5.11 Å². The van der Waals surface area contributed by atoms with Crippen molar-refractivity contribution in [3.63, 3.8) is 0 Å². The lowest BCUT2D eigenvalue weighted by atomic mass is 9.44. The van der Waals surface area contributed by atoms with Gasteiger partial charge in [-0.3, -0.25) is 0 Å². The Labute approximate surface area is 181 Å². The zero-order chi connectivity index (χ0) is 21.0. The van der Waals surface area contributed by atoms with Crippen molar-refractivity contribution < 1.29 is 5.11 Å². The van der Waals surface area contributed by atoms with Crippen LogP contribution in [0.1, 0.15) is 105 Å². The number of hydrogen-bond donors (Lipinski definition) is 1. The normalized spacial score (nSPS) is 48.0. The maximum atomic E-state index is 10.3. The van der Waals surface area contributed by atoms with E-state index in [0.29, 0.717) is 16.7 Å².